The molecule has 0 aliphatic rings. The fraction of sp³-hybridized carbons (Fsp3) is 1.00. The minimum atomic E-state index is -2.80. The van der Waals surface area contributed by atoms with E-state index < -0.39 is 8.80 Å². The monoisotopic (exact) mass is 695 g/mol. The fourth-order valence-corrected chi connectivity index (χ4v) is 8.52. The lowest BCUT2D eigenvalue weighted by molar-refractivity contribution is -0.890. The maximum atomic E-state index is 9.34. The number of unbranched alkanes of at least 4 members (excludes halogenated alkanes) is 15. The molecule has 0 fully saturated rings. The van der Waals surface area contributed by atoms with Gasteiger partial charge in [-0.2, -0.15) is 0 Å². The van der Waals surface area contributed by atoms with E-state index in [1.807, 2.05) is 13.8 Å². The van der Waals surface area contributed by atoms with Crippen LogP contribution in [0, 0.1) is 0 Å². The van der Waals surface area contributed by atoms with Crippen molar-refractivity contribution in [3.8, 4) is 0 Å². The van der Waals surface area contributed by atoms with Gasteiger partial charge in [0.05, 0.1) is 79.5 Å². The lowest BCUT2D eigenvalue weighted by atomic mass is 10.0. The summed E-state index contributed by atoms with van der Waals surface area (Å²) in [5.41, 5.74) is 0. The van der Waals surface area contributed by atoms with E-state index in [0.717, 1.165) is 23.5 Å². The predicted octanol–water partition coefficient (Wildman–Crippen LogP) is 7.54. The lowest BCUT2D eigenvalue weighted by Crippen LogP contribution is -2.48. The number of aliphatic hydroxyl groups excluding tert-OH is 2. The molecule has 2 N–H and O–H groups in total. The maximum absolute atomic E-state index is 9.34. The van der Waals surface area contributed by atoms with Crippen LogP contribution in [0.5, 0.6) is 0 Å². The Hall–Kier alpha value is -0.143. The Morgan fingerprint density at radius 3 is 1.55 bits per heavy atom. The van der Waals surface area contributed by atoms with Gasteiger partial charge < -0.3 is 42.2 Å². The molecule has 0 aliphatic carbocycles. The summed E-state index contributed by atoms with van der Waals surface area (Å²) in [7, 11) is 1.89. The Morgan fingerprint density at radius 1 is 0.532 bits per heavy atom. The number of ether oxygens (including phenoxy) is 3. The molecular formula is C37H80NO8Si+. The molecule has 0 bridgehead atoms. The fourth-order valence-electron chi connectivity index (χ4n) is 5.97. The van der Waals surface area contributed by atoms with Crippen LogP contribution in [0.4, 0.5) is 0 Å². The number of hydrogen-bond acceptors (Lipinski definition) is 8. The van der Waals surface area contributed by atoms with Gasteiger partial charge in [0.25, 0.3) is 0 Å². The van der Waals surface area contributed by atoms with Crippen molar-refractivity contribution < 1.29 is 42.2 Å². The number of nitrogens with zero attached hydrogens (tertiary/aromatic N) is 1. The van der Waals surface area contributed by atoms with Crippen molar-refractivity contribution in [1.82, 2.24) is 0 Å². The van der Waals surface area contributed by atoms with Crippen LogP contribution in [0.3, 0.4) is 0 Å². The minimum Gasteiger partial charge on any atom is -0.396 e. The number of quaternary nitrogens is 1. The van der Waals surface area contributed by atoms with Gasteiger partial charge in [-0.3, -0.25) is 0 Å². The highest BCUT2D eigenvalue weighted by atomic mass is 28.4. The van der Waals surface area contributed by atoms with Gasteiger partial charge >= 0.3 is 8.80 Å². The van der Waals surface area contributed by atoms with Crippen LogP contribution >= 0.6 is 0 Å². The van der Waals surface area contributed by atoms with Crippen molar-refractivity contribution in [2.24, 2.45) is 0 Å². The molecule has 0 rings (SSSR count). The second kappa shape index (κ2) is 34.3. The second-order valence-electron chi connectivity index (χ2n) is 13.6. The first kappa shape index (κ1) is 46.9. The Bertz CT molecular complexity index is 625. The zero-order chi connectivity index (χ0) is 34.7. The summed E-state index contributed by atoms with van der Waals surface area (Å²) < 4.78 is 36.5. The molecule has 0 spiro atoms. The molecule has 0 saturated heterocycles. The van der Waals surface area contributed by atoms with Gasteiger partial charge in [0.1, 0.15) is 0 Å². The molecule has 284 valence electrons. The van der Waals surface area contributed by atoms with Gasteiger partial charge in [0.15, 0.2) is 0 Å². The van der Waals surface area contributed by atoms with E-state index in [4.69, 9.17) is 32.6 Å². The van der Waals surface area contributed by atoms with Gasteiger partial charge in [0.2, 0.25) is 0 Å². The summed E-state index contributed by atoms with van der Waals surface area (Å²) in [6.45, 7) is 12.0. The van der Waals surface area contributed by atoms with Crippen LogP contribution in [0.15, 0.2) is 0 Å². The molecule has 0 aliphatic heterocycles. The first-order chi connectivity index (χ1) is 22.9. The first-order valence-electron chi connectivity index (χ1n) is 19.6. The van der Waals surface area contributed by atoms with Gasteiger partial charge in [-0.1, -0.05) is 96.8 Å². The highest BCUT2D eigenvalue weighted by Crippen LogP contribution is 2.20. The van der Waals surface area contributed by atoms with E-state index in [9.17, 15) is 5.11 Å². The van der Waals surface area contributed by atoms with Crippen LogP contribution in [0.2, 0.25) is 6.04 Å². The number of aliphatic hydroxyl groups is 2. The molecule has 0 aromatic rings. The molecular weight excluding hydrogens is 614 g/mol. The maximum Gasteiger partial charge on any atom is 0.501 e. The van der Waals surface area contributed by atoms with E-state index >= 15 is 0 Å². The van der Waals surface area contributed by atoms with E-state index in [1.54, 1.807) is 0 Å². The Kier molecular flexibility index (Phi) is 34.2. The van der Waals surface area contributed by atoms with E-state index in [2.05, 4.69) is 21.0 Å². The third kappa shape index (κ3) is 30.4. The normalized spacial score (nSPS) is 13.1. The van der Waals surface area contributed by atoms with Crippen molar-refractivity contribution in [2.45, 2.75) is 148 Å². The van der Waals surface area contributed by atoms with Gasteiger partial charge in [0, 0.05) is 32.3 Å². The van der Waals surface area contributed by atoms with Gasteiger partial charge in [-0.15, -0.1) is 0 Å². The average molecular weight is 695 g/mol. The topological polar surface area (TPSA) is 95.8 Å². The predicted molar refractivity (Wildman–Crippen MR) is 196 cm³/mol. The van der Waals surface area contributed by atoms with Crippen molar-refractivity contribution in [3.63, 3.8) is 0 Å². The molecule has 1 unspecified atom stereocenters. The summed E-state index contributed by atoms with van der Waals surface area (Å²) in [4.78, 5) is 0. The van der Waals surface area contributed by atoms with Gasteiger partial charge in [-0.05, 0) is 33.1 Å². The summed E-state index contributed by atoms with van der Waals surface area (Å²) in [5, 5.41) is 18.1. The van der Waals surface area contributed by atoms with Crippen molar-refractivity contribution >= 4 is 8.80 Å². The lowest BCUT2D eigenvalue weighted by Gasteiger charge is -2.33. The third-order valence-corrected chi connectivity index (χ3v) is 11.8. The summed E-state index contributed by atoms with van der Waals surface area (Å²) in [6, 6.07) is 0.805. The highest BCUT2D eigenvalue weighted by Gasteiger charge is 2.40. The molecule has 1 atom stereocenters. The Balaban J connectivity index is 4.16. The zero-order valence-corrected chi connectivity index (χ0v) is 32.8. The molecule has 9 nitrogen and oxygen atoms in total. The third-order valence-electron chi connectivity index (χ3n) is 8.71. The van der Waals surface area contributed by atoms with Gasteiger partial charge in [-0.25, -0.2) is 0 Å². The van der Waals surface area contributed by atoms with Crippen molar-refractivity contribution in [1.29, 1.82) is 0 Å². The number of rotatable bonds is 39. The minimum absolute atomic E-state index is 0.00600. The van der Waals surface area contributed by atoms with E-state index in [1.165, 1.54) is 109 Å². The summed E-state index contributed by atoms with van der Waals surface area (Å²) in [5.74, 6) is 0. The summed E-state index contributed by atoms with van der Waals surface area (Å²) >= 11 is 0. The smallest absolute Gasteiger partial charge is 0.396 e. The largest absolute Gasteiger partial charge is 0.501 e. The molecule has 0 aromatic heterocycles. The Morgan fingerprint density at radius 2 is 1.04 bits per heavy atom. The van der Waals surface area contributed by atoms with Crippen LogP contribution in [-0.2, 0) is 27.5 Å². The molecule has 47 heavy (non-hydrogen) atoms. The SMILES string of the molecule is CCCCCCCCCCCCCCCCCC[N+](C)(C)CCC[Si](OCC)(OCC)OCCOCC(CCO)OCCOCCO. The van der Waals surface area contributed by atoms with Crippen LogP contribution in [-0.4, -0.2) is 123 Å². The molecule has 0 radical (unpaired) electrons. The Labute approximate surface area is 292 Å². The highest BCUT2D eigenvalue weighted by molar-refractivity contribution is 6.60. The molecule has 0 amide bonds. The second-order valence-corrected chi connectivity index (χ2v) is 16.3. The quantitative estimate of drug-likeness (QED) is 0.0387. The molecule has 0 heterocycles. The molecule has 10 heteroatoms. The van der Waals surface area contributed by atoms with Crippen LogP contribution in [0.1, 0.15) is 136 Å². The van der Waals surface area contributed by atoms with Crippen LogP contribution in [0.25, 0.3) is 0 Å². The number of hydrogen-bond donors (Lipinski definition) is 2. The van der Waals surface area contributed by atoms with E-state index in [-0.39, 0.29) is 19.3 Å². The summed E-state index contributed by atoms with van der Waals surface area (Å²) in [6.07, 6.45) is 23.7. The van der Waals surface area contributed by atoms with Crippen molar-refractivity contribution in [3.05, 3.63) is 0 Å². The standard InChI is InChI=1S/C37H80NO8Si/c1-6-9-10-11-12-13-14-15-16-17-18-19-20-21-22-23-26-38(4,5)27-24-35-47(44-7-2,45-8-3)46-34-32-42-36-37(25-28-39)43-33-31-41-30-29-40/h37,39-40H,6-36H2,1-5H3/q+1. The molecule has 0 aromatic carbocycles. The average Bonchev–Trinajstić information content (AvgIpc) is 3.04. The zero-order valence-electron chi connectivity index (χ0n) is 31.8. The van der Waals surface area contributed by atoms with Crippen LogP contribution < -0.4 is 0 Å². The first-order valence-corrected chi connectivity index (χ1v) is 21.5. The van der Waals surface area contributed by atoms with Crippen molar-refractivity contribution in [2.75, 3.05) is 93.3 Å². The van der Waals surface area contributed by atoms with E-state index in [0.29, 0.717) is 59.3 Å². The molecule has 0 saturated carbocycles.